The summed E-state index contributed by atoms with van der Waals surface area (Å²) in [5, 5.41) is 8.48. The molecule has 0 saturated carbocycles. The number of hydrogen-bond donors (Lipinski definition) is 0. The van der Waals surface area contributed by atoms with Crippen molar-refractivity contribution in [2.75, 3.05) is 12.9 Å². The van der Waals surface area contributed by atoms with E-state index in [2.05, 4.69) is 23.2 Å². The number of thioether (sulfide) groups is 1. The quantitative estimate of drug-likeness (QED) is 0.412. The van der Waals surface area contributed by atoms with Gasteiger partial charge in [0.1, 0.15) is 11.6 Å². The van der Waals surface area contributed by atoms with Crippen LogP contribution in [0.25, 0.3) is 10.8 Å². The molecule has 28 heavy (non-hydrogen) atoms. The molecule has 3 aromatic rings. The zero-order valence-electron chi connectivity index (χ0n) is 15.5. The molecule has 1 aliphatic rings. The van der Waals surface area contributed by atoms with E-state index in [0.29, 0.717) is 22.8 Å². The number of rotatable bonds is 6. The molecule has 0 N–H and O–H groups in total. The monoisotopic (exact) mass is 418 g/mol. The van der Waals surface area contributed by atoms with Gasteiger partial charge >= 0.3 is 0 Å². The van der Waals surface area contributed by atoms with Gasteiger partial charge in [-0.15, -0.1) is 21.5 Å². The minimum Gasteiger partial charge on any atom is -0.496 e. The molecular formula is C20H19FN2O3S2. The Kier molecular flexibility index (Phi) is 5.50. The number of fused-ring (bicyclic) bond motifs is 1. The van der Waals surface area contributed by atoms with Crippen molar-refractivity contribution >= 4 is 28.9 Å². The van der Waals surface area contributed by atoms with E-state index in [1.54, 1.807) is 11.3 Å². The van der Waals surface area contributed by atoms with Gasteiger partial charge in [-0.25, -0.2) is 4.39 Å². The molecule has 0 radical (unpaired) electrons. The molecule has 146 valence electrons. The largest absolute Gasteiger partial charge is 0.496 e. The number of aromatic nitrogens is 2. The smallest absolute Gasteiger partial charge is 0.277 e. The Balaban J connectivity index is 1.44. The van der Waals surface area contributed by atoms with E-state index in [-0.39, 0.29) is 17.1 Å². The van der Waals surface area contributed by atoms with Crippen molar-refractivity contribution in [3.05, 3.63) is 46.1 Å². The molecule has 0 bridgehead atoms. The van der Waals surface area contributed by atoms with Crippen LogP contribution in [0.4, 0.5) is 4.39 Å². The Bertz CT molecular complexity index is 1010. The first-order valence-electron chi connectivity index (χ1n) is 8.98. The first-order valence-corrected chi connectivity index (χ1v) is 10.8. The lowest BCUT2D eigenvalue weighted by Crippen LogP contribution is -2.07. The third-order valence-electron chi connectivity index (χ3n) is 4.74. The number of ether oxygens (including phenoxy) is 1. The van der Waals surface area contributed by atoms with Gasteiger partial charge in [0.2, 0.25) is 0 Å². The molecule has 0 spiro atoms. The Morgan fingerprint density at radius 2 is 2.25 bits per heavy atom. The maximum atomic E-state index is 13.5. The van der Waals surface area contributed by atoms with E-state index < -0.39 is 5.82 Å². The molecule has 1 atom stereocenters. The molecule has 0 fully saturated rings. The van der Waals surface area contributed by atoms with Gasteiger partial charge < -0.3 is 9.15 Å². The van der Waals surface area contributed by atoms with Crippen LogP contribution in [0.3, 0.4) is 0 Å². The number of ketones is 1. The van der Waals surface area contributed by atoms with Crippen LogP contribution in [0.5, 0.6) is 5.75 Å². The normalized spacial score (nSPS) is 16.0. The Hall–Kier alpha value is -2.19. The lowest BCUT2D eigenvalue weighted by atomic mass is 9.90. The molecule has 0 aliphatic heterocycles. The second-order valence-electron chi connectivity index (χ2n) is 6.84. The lowest BCUT2D eigenvalue weighted by molar-refractivity contribution is 0.101. The molecule has 2 aromatic heterocycles. The van der Waals surface area contributed by atoms with Crippen LogP contribution >= 0.6 is 23.1 Å². The van der Waals surface area contributed by atoms with Crippen molar-refractivity contribution < 1.29 is 18.3 Å². The highest BCUT2D eigenvalue weighted by atomic mass is 32.2. The summed E-state index contributed by atoms with van der Waals surface area (Å²) in [6, 6.07) is 6.02. The Morgan fingerprint density at radius 3 is 3.07 bits per heavy atom. The number of carbonyl (C=O) groups is 1. The van der Waals surface area contributed by atoms with Crippen molar-refractivity contribution in [2.24, 2.45) is 5.92 Å². The Labute approximate surface area is 170 Å². The number of aryl methyl sites for hydroxylation is 1. The molecule has 8 heteroatoms. The molecule has 0 unspecified atom stereocenters. The molecule has 1 aliphatic carbocycles. The summed E-state index contributed by atoms with van der Waals surface area (Å²) in [4.78, 5) is 14.8. The number of hydrogen-bond acceptors (Lipinski definition) is 7. The molecule has 4 rings (SSSR count). The highest BCUT2D eigenvalue weighted by Crippen LogP contribution is 2.37. The number of thiophene rings is 1. The number of benzene rings is 1. The van der Waals surface area contributed by atoms with Gasteiger partial charge in [-0.1, -0.05) is 18.7 Å². The number of methoxy groups -OCH3 is 1. The topological polar surface area (TPSA) is 65.2 Å². The molecular weight excluding hydrogens is 399 g/mol. The maximum absolute atomic E-state index is 13.5. The number of halogens is 1. The maximum Gasteiger partial charge on any atom is 0.277 e. The standard InChI is InChI=1S/C20H19FN2O3S2/c1-11-3-6-17-12(7-11)8-18(28-17)19-22-23-20(26-19)27-10-15(24)14-9-13(21)4-5-16(14)25-2/h4-5,8-9,11H,3,6-7,10H2,1-2H3/t11-/m0/s1. The zero-order valence-corrected chi connectivity index (χ0v) is 17.2. The van der Waals surface area contributed by atoms with E-state index in [1.165, 1.54) is 42.2 Å². The van der Waals surface area contributed by atoms with Gasteiger partial charge in [0.15, 0.2) is 5.78 Å². The van der Waals surface area contributed by atoms with Gasteiger partial charge in [0.05, 0.1) is 23.3 Å². The fourth-order valence-corrected chi connectivity index (χ4v) is 5.06. The summed E-state index contributed by atoms with van der Waals surface area (Å²) in [5.41, 5.74) is 1.58. The van der Waals surface area contributed by atoms with E-state index >= 15 is 0 Å². The Morgan fingerprint density at radius 1 is 1.39 bits per heavy atom. The van der Waals surface area contributed by atoms with Crippen molar-refractivity contribution in [1.29, 1.82) is 0 Å². The van der Waals surface area contributed by atoms with Gasteiger partial charge in [0.25, 0.3) is 11.1 Å². The first kappa shape index (κ1) is 19.1. The second-order valence-corrected chi connectivity index (χ2v) is 8.90. The fourth-order valence-electron chi connectivity index (χ4n) is 3.28. The molecule has 0 saturated heterocycles. The van der Waals surface area contributed by atoms with Crippen LogP contribution in [-0.4, -0.2) is 28.8 Å². The fraction of sp³-hybridized carbons (Fsp3) is 0.350. The van der Waals surface area contributed by atoms with Crippen LogP contribution in [-0.2, 0) is 12.8 Å². The second kappa shape index (κ2) is 8.05. The van der Waals surface area contributed by atoms with Crippen LogP contribution < -0.4 is 4.74 Å². The van der Waals surface area contributed by atoms with Gasteiger partial charge in [0, 0.05) is 4.88 Å². The number of Topliss-reactive ketones (excluding diaryl/α,β-unsaturated/α-hetero) is 1. The predicted octanol–water partition coefficient (Wildman–Crippen LogP) is 5.05. The van der Waals surface area contributed by atoms with Crippen molar-refractivity contribution in [3.63, 3.8) is 0 Å². The average molecular weight is 419 g/mol. The average Bonchev–Trinajstić information content (AvgIpc) is 3.32. The molecule has 2 heterocycles. The van der Waals surface area contributed by atoms with Crippen molar-refractivity contribution in [3.8, 4) is 16.5 Å². The summed E-state index contributed by atoms with van der Waals surface area (Å²) in [6.07, 6.45) is 3.40. The summed E-state index contributed by atoms with van der Waals surface area (Å²) in [6.45, 7) is 2.27. The minimum atomic E-state index is -0.481. The lowest BCUT2D eigenvalue weighted by Gasteiger charge is -2.16. The molecule has 0 amide bonds. The summed E-state index contributed by atoms with van der Waals surface area (Å²) in [5.74, 6) is 0.836. The van der Waals surface area contributed by atoms with E-state index in [4.69, 9.17) is 9.15 Å². The van der Waals surface area contributed by atoms with Crippen molar-refractivity contribution in [2.45, 2.75) is 31.4 Å². The van der Waals surface area contributed by atoms with Crippen LogP contribution in [0, 0.1) is 11.7 Å². The highest BCUT2D eigenvalue weighted by molar-refractivity contribution is 7.99. The van der Waals surface area contributed by atoms with Crippen LogP contribution in [0.2, 0.25) is 0 Å². The van der Waals surface area contributed by atoms with Gasteiger partial charge in [-0.3, -0.25) is 4.79 Å². The van der Waals surface area contributed by atoms with E-state index in [1.807, 2.05) is 0 Å². The van der Waals surface area contributed by atoms with E-state index in [0.717, 1.165) is 29.5 Å². The van der Waals surface area contributed by atoms with E-state index in [9.17, 15) is 9.18 Å². The third-order valence-corrected chi connectivity index (χ3v) is 6.78. The SMILES string of the molecule is COc1ccc(F)cc1C(=O)CSc1nnc(-c2cc3c(s2)CC[C@H](C)C3)o1. The summed E-state index contributed by atoms with van der Waals surface area (Å²) in [7, 11) is 1.45. The number of carbonyl (C=O) groups excluding carboxylic acids is 1. The molecule has 5 nitrogen and oxygen atoms in total. The third kappa shape index (κ3) is 3.98. The predicted molar refractivity (Wildman–Crippen MR) is 107 cm³/mol. The van der Waals surface area contributed by atoms with Crippen LogP contribution in [0.15, 0.2) is 33.9 Å². The zero-order chi connectivity index (χ0) is 19.7. The number of nitrogens with zero attached hydrogens (tertiary/aromatic N) is 2. The summed E-state index contributed by atoms with van der Waals surface area (Å²) >= 11 is 2.84. The minimum absolute atomic E-state index is 0.0555. The van der Waals surface area contributed by atoms with Crippen LogP contribution in [0.1, 0.15) is 34.1 Å². The first-order chi connectivity index (χ1) is 13.5. The van der Waals surface area contributed by atoms with Crippen molar-refractivity contribution in [1.82, 2.24) is 10.2 Å². The van der Waals surface area contributed by atoms with Gasteiger partial charge in [-0.05, 0) is 55.0 Å². The summed E-state index contributed by atoms with van der Waals surface area (Å²) < 4.78 is 24.3. The molecule has 1 aromatic carbocycles. The highest BCUT2D eigenvalue weighted by Gasteiger charge is 2.21. The van der Waals surface area contributed by atoms with Gasteiger partial charge in [-0.2, -0.15) is 0 Å².